The van der Waals surface area contributed by atoms with E-state index < -0.39 is 0 Å². The number of aliphatic hydroxyl groups is 1. The van der Waals surface area contributed by atoms with Gasteiger partial charge in [0.15, 0.2) is 0 Å². The number of rotatable bonds is 4. The number of methoxy groups -OCH3 is 1. The fourth-order valence-electron chi connectivity index (χ4n) is 1.88. The molecular weight excluding hydrogens is 204 g/mol. The van der Waals surface area contributed by atoms with Gasteiger partial charge in [0.25, 0.3) is 0 Å². The third kappa shape index (κ3) is 2.83. The molecule has 0 saturated heterocycles. The largest absolute Gasteiger partial charge is 0.469 e. The predicted octanol–water partition coefficient (Wildman–Crippen LogP) is 1.77. The topological polar surface area (TPSA) is 46.5 Å². The molecule has 0 atom stereocenters. The summed E-state index contributed by atoms with van der Waals surface area (Å²) in [5.41, 5.74) is 3.93. The fourth-order valence-corrected chi connectivity index (χ4v) is 1.88. The van der Waals surface area contributed by atoms with Crippen molar-refractivity contribution < 1.29 is 14.6 Å². The zero-order valence-corrected chi connectivity index (χ0v) is 10.0. The highest BCUT2D eigenvalue weighted by Crippen LogP contribution is 2.19. The molecule has 0 heterocycles. The van der Waals surface area contributed by atoms with Gasteiger partial charge >= 0.3 is 5.97 Å². The van der Waals surface area contributed by atoms with Gasteiger partial charge in [-0.05, 0) is 30.0 Å². The SMILES string of the molecule is CCc1cc(C)cc(CC(=O)OC)c1CO. The van der Waals surface area contributed by atoms with Crippen molar-refractivity contribution in [2.24, 2.45) is 0 Å². The average Bonchev–Trinajstić information content (AvgIpc) is 2.28. The minimum absolute atomic E-state index is 0.0320. The number of aliphatic hydroxyl groups excluding tert-OH is 1. The van der Waals surface area contributed by atoms with Gasteiger partial charge in [0.05, 0.1) is 20.1 Å². The quantitative estimate of drug-likeness (QED) is 0.790. The van der Waals surface area contributed by atoms with E-state index in [1.165, 1.54) is 7.11 Å². The number of aryl methyl sites for hydroxylation is 2. The first-order valence-electron chi connectivity index (χ1n) is 5.41. The molecule has 16 heavy (non-hydrogen) atoms. The van der Waals surface area contributed by atoms with Gasteiger partial charge in [0.1, 0.15) is 0 Å². The Morgan fingerprint density at radius 2 is 2.00 bits per heavy atom. The lowest BCUT2D eigenvalue weighted by molar-refractivity contribution is -0.139. The number of hydrogen-bond donors (Lipinski definition) is 1. The Bertz CT molecular complexity index is 383. The Morgan fingerprint density at radius 1 is 1.38 bits per heavy atom. The third-order valence-corrected chi connectivity index (χ3v) is 2.68. The number of carbonyl (C=O) groups is 1. The van der Waals surface area contributed by atoms with Gasteiger partial charge in [-0.25, -0.2) is 0 Å². The van der Waals surface area contributed by atoms with Crippen LogP contribution in [0.2, 0.25) is 0 Å². The van der Waals surface area contributed by atoms with Crippen molar-refractivity contribution in [3.05, 3.63) is 34.4 Å². The Labute approximate surface area is 96.1 Å². The second-order valence-corrected chi connectivity index (χ2v) is 3.83. The summed E-state index contributed by atoms with van der Waals surface area (Å²) in [6.45, 7) is 3.99. The second kappa shape index (κ2) is 5.66. The second-order valence-electron chi connectivity index (χ2n) is 3.83. The standard InChI is InChI=1S/C13H18O3/c1-4-10-5-9(2)6-11(12(10)8-14)7-13(15)16-3/h5-6,14H,4,7-8H2,1-3H3. The van der Waals surface area contributed by atoms with Crippen LogP contribution in [0.25, 0.3) is 0 Å². The minimum Gasteiger partial charge on any atom is -0.469 e. The minimum atomic E-state index is -0.276. The van der Waals surface area contributed by atoms with E-state index >= 15 is 0 Å². The van der Waals surface area contributed by atoms with Crippen molar-refractivity contribution in [2.45, 2.75) is 33.3 Å². The van der Waals surface area contributed by atoms with Crippen LogP contribution >= 0.6 is 0 Å². The maximum atomic E-state index is 11.3. The lowest BCUT2D eigenvalue weighted by Gasteiger charge is -2.12. The van der Waals surface area contributed by atoms with Crippen LogP contribution in [-0.4, -0.2) is 18.2 Å². The van der Waals surface area contributed by atoms with Crippen molar-refractivity contribution in [1.29, 1.82) is 0 Å². The summed E-state index contributed by atoms with van der Waals surface area (Å²) in [6, 6.07) is 3.98. The molecule has 1 aromatic rings. The molecule has 0 amide bonds. The Hall–Kier alpha value is -1.35. The summed E-state index contributed by atoms with van der Waals surface area (Å²) in [5, 5.41) is 9.35. The van der Waals surface area contributed by atoms with Gasteiger partial charge < -0.3 is 9.84 Å². The lowest BCUT2D eigenvalue weighted by Crippen LogP contribution is -2.09. The number of carbonyl (C=O) groups excluding carboxylic acids is 1. The predicted molar refractivity (Wildman–Crippen MR) is 62.2 cm³/mol. The van der Waals surface area contributed by atoms with Crippen molar-refractivity contribution in [3.8, 4) is 0 Å². The monoisotopic (exact) mass is 222 g/mol. The first-order chi connectivity index (χ1) is 7.62. The van der Waals surface area contributed by atoms with E-state index in [2.05, 4.69) is 4.74 Å². The maximum Gasteiger partial charge on any atom is 0.309 e. The Balaban J connectivity index is 3.14. The molecule has 1 rings (SSSR count). The molecule has 0 bridgehead atoms. The first-order valence-corrected chi connectivity index (χ1v) is 5.41. The smallest absolute Gasteiger partial charge is 0.309 e. The van der Waals surface area contributed by atoms with E-state index in [-0.39, 0.29) is 19.0 Å². The summed E-state index contributed by atoms with van der Waals surface area (Å²) in [5.74, 6) is -0.276. The van der Waals surface area contributed by atoms with E-state index in [1.807, 2.05) is 26.0 Å². The van der Waals surface area contributed by atoms with Gasteiger partial charge in [-0.15, -0.1) is 0 Å². The number of benzene rings is 1. The molecule has 0 radical (unpaired) electrons. The molecular formula is C13H18O3. The van der Waals surface area contributed by atoms with Crippen molar-refractivity contribution >= 4 is 5.97 Å². The summed E-state index contributed by atoms with van der Waals surface area (Å²) in [7, 11) is 1.37. The number of hydrogen-bond acceptors (Lipinski definition) is 3. The van der Waals surface area contributed by atoms with Gasteiger partial charge in [-0.1, -0.05) is 24.6 Å². The molecule has 0 unspecified atom stereocenters. The average molecular weight is 222 g/mol. The number of ether oxygens (including phenoxy) is 1. The van der Waals surface area contributed by atoms with E-state index in [9.17, 15) is 9.90 Å². The van der Waals surface area contributed by atoms with Crippen molar-refractivity contribution in [3.63, 3.8) is 0 Å². The molecule has 1 N–H and O–H groups in total. The molecule has 1 aromatic carbocycles. The number of esters is 1. The molecule has 0 saturated carbocycles. The van der Waals surface area contributed by atoms with Gasteiger partial charge in [0.2, 0.25) is 0 Å². The van der Waals surface area contributed by atoms with Crippen molar-refractivity contribution in [2.75, 3.05) is 7.11 Å². The zero-order valence-electron chi connectivity index (χ0n) is 10.0. The third-order valence-electron chi connectivity index (χ3n) is 2.68. The van der Waals surface area contributed by atoms with E-state index in [0.717, 1.165) is 28.7 Å². The summed E-state index contributed by atoms with van der Waals surface area (Å²) >= 11 is 0. The zero-order chi connectivity index (χ0) is 12.1. The normalized spacial score (nSPS) is 10.2. The highest BCUT2D eigenvalue weighted by Gasteiger charge is 2.11. The molecule has 0 aliphatic rings. The maximum absolute atomic E-state index is 11.3. The Morgan fingerprint density at radius 3 is 2.50 bits per heavy atom. The van der Waals surface area contributed by atoms with Crippen LogP contribution in [0.15, 0.2) is 12.1 Å². The highest BCUT2D eigenvalue weighted by molar-refractivity contribution is 5.73. The fraction of sp³-hybridized carbons (Fsp3) is 0.462. The first kappa shape index (κ1) is 12.7. The van der Waals surface area contributed by atoms with E-state index in [4.69, 9.17) is 0 Å². The van der Waals surface area contributed by atoms with Crippen LogP contribution in [0.5, 0.6) is 0 Å². The molecule has 0 aliphatic heterocycles. The highest BCUT2D eigenvalue weighted by atomic mass is 16.5. The molecule has 0 spiro atoms. The summed E-state index contributed by atoms with van der Waals surface area (Å²) < 4.78 is 4.65. The van der Waals surface area contributed by atoms with Crippen LogP contribution in [0.1, 0.15) is 29.2 Å². The molecule has 3 heteroatoms. The molecule has 0 aliphatic carbocycles. The molecule has 3 nitrogen and oxygen atoms in total. The molecule has 0 fully saturated rings. The van der Waals surface area contributed by atoms with E-state index in [0.29, 0.717) is 0 Å². The lowest BCUT2D eigenvalue weighted by atomic mass is 9.95. The molecule has 88 valence electrons. The van der Waals surface area contributed by atoms with Gasteiger partial charge in [0, 0.05) is 0 Å². The summed E-state index contributed by atoms with van der Waals surface area (Å²) in [6.07, 6.45) is 1.08. The molecule has 0 aromatic heterocycles. The van der Waals surface area contributed by atoms with E-state index in [1.54, 1.807) is 0 Å². The summed E-state index contributed by atoms with van der Waals surface area (Å²) in [4.78, 5) is 11.3. The van der Waals surface area contributed by atoms with Crippen LogP contribution in [-0.2, 0) is 29.0 Å². The van der Waals surface area contributed by atoms with Gasteiger partial charge in [-0.2, -0.15) is 0 Å². The van der Waals surface area contributed by atoms with Crippen LogP contribution in [0, 0.1) is 6.92 Å². The Kier molecular flexibility index (Phi) is 4.50. The van der Waals surface area contributed by atoms with Crippen molar-refractivity contribution in [1.82, 2.24) is 0 Å². The van der Waals surface area contributed by atoms with Crippen LogP contribution in [0.3, 0.4) is 0 Å². The van der Waals surface area contributed by atoms with Gasteiger partial charge in [-0.3, -0.25) is 4.79 Å². The van der Waals surface area contributed by atoms with Crippen LogP contribution < -0.4 is 0 Å². The van der Waals surface area contributed by atoms with Crippen LogP contribution in [0.4, 0.5) is 0 Å².